The van der Waals surface area contributed by atoms with Gasteiger partial charge in [-0.05, 0) is 31.4 Å². The summed E-state index contributed by atoms with van der Waals surface area (Å²) in [4.78, 5) is 4.42. The van der Waals surface area contributed by atoms with E-state index in [0.29, 0.717) is 5.82 Å². The molecule has 0 spiro atoms. The van der Waals surface area contributed by atoms with Gasteiger partial charge in [0.15, 0.2) is 0 Å². The van der Waals surface area contributed by atoms with E-state index >= 15 is 0 Å². The minimum atomic E-state index is -0.439. The fourth-order valence-electron chi connectivity index (χ4n) is 2.10. The van der Waals surface area contributed by atoms with Gasteiger partial charge in [-0.3, -0.25) is 0 Å². The molecule has 96 valence electrons. The molecule has 0 radical (unpaired) electrons. The molecular formula is C13H17N3O2. The fourth-order valence-corrected chi connectivity index (χ4v) is 2.10. The van der Waals surface area contributed by atoms with Crippen LogP contribution >= 0.6 is 0 Å². The van der Waals surface area contributed by atoms with Crippen LogP contribution in [0.4, 0.5) is 5.82 Å². The number of nitrogens with one attached hydrogen (secondary N) is 1. The van der Waals surface area contributed by atoms with Gasteiger partial charge in [0.25, 0.3) is 0 Å². The summed E-state index contributed by atoms with van der Waals surface area (Å²) >= 11 is 0. The Bertz CT molecular complexity index is 448. The number of rotatable bonds is 5. The van der Waals surface area contributed by atoms with Gasteiger partial charge in [-0.1, -0.05) is 6.07 Å². The average Bonchev–Trinajstić information content (AvgIpc) is 2.36. The van der Waals surface area contributed by atoms with E-state index in [4.69, 9.17) is 10.2 Å². The van der Waals surface area contributed by atoms with Gasteiger partial charge in [-0.2, -0.15) is 5.26 Å². The zero-order valence-electron chi connectivity index (χ0n) is 10.1. The quantitative estimate of drug-likeness (QED) is 0.716. The summed E-state index contributed by atoms with van der Waals surface area (Å²) in [5, 5.41) is 30.2. The van der Waals surface area contributed by atoms with Crippen LogP contribution in [0.3, 0.4) is 0 Å². The Morgan fingerprint density at radius 2 is 2.11 bits per heavy atom. The van der Waals surface area contributed by atoms with Crippen LogP contribution in [0.1, 0.15) is 25.0 Å². The number of aliphatic hydroxyl groups is 2. The Labute approximate surface area is 106 Å². The van der Waals surface area contributed by atoms with E-state index in [2.05, 4.69) is 16.4 Å². The molecule has 0 bridgehead atoms. The zero-order chi connectivity index (χ0) is 13.0. The van der Waals surface area contributed by atoms with E-state index in [0.717, 1.165) is 25.0 Å². The maximum Gasteiger partial charge on any atom is 0.126 e. The minimum absolute atomic E-state index is 0.161. The second-order valence-corrected chi connectivity index (χ2v) is 4.66. The van der Waals surface area contributed by atoms with Gasteiger partial charge in [0, 0.05) is 0 Å². The highest BCUT2D eigenvalue weighted by molar-refractivity contribution is 5.41. The van der Waals surface area contributed by atoms with Crippen LogP contribution in [-0.4, -0.2) is 34.5 Å². The summed E-state index contributed by atoms with van der Waals surface area (Å²) in [5.74, 6) is 0.585. The van der Waals surface area contributed by atoms with Crippen LogP contribution in [0.15, 0.2) is 18.2 Å². The van der Waals surface area contributed by atoms with Crippen molar-refractivity contribution < 1.29 is 10.2 Å². The first kappa shape index (κ1) is 12.8. The van der Waals surface area contributed by atoms with Crippen LogP contribution in [0.25, 0.3) is 0 Å². The summed E-state index contributed by atoms with van der Waals surface area (Å²) < 4.78 is 0. The molecule has 0 amide bonds. The molecule has 5 heteroatoms. The third-order valence-corrected chi connectivity index (χ3v) is 3.45. The lowest BCUT2D eigenvalue weighted by Crippen LogP contribution is -2.34. The second kappa shape index (κ2) is 5.34. The molecule has 2 rings (SSSR count). The van der Waals surface area contributed by atoms with Crippen LogP contribution in [-0.2, 0) is 5.41 Å². The third-order valence-electron chi connectivity index (χ3n) is 3.45. The predicted molar refractivity (Wildman–Crippen MR) is 67.0 cm³/mol. The predicted octanol–water partition coefficient (Wildman–Crippen LogP) is 0.792. The molecule has 1 aliphatic rings. The summed E-state index contributed by atoms with van der Waals surface area (Å²) in [7, 11) is 0. The van der Waals surface area contributed by atoms with Crippen molar-refractivity contribution in [3.8, 4) is 6.07 Å². The Hall–Kier alpha value is -1.64. The van der Waals surface area contributed by atoms with Crippen molar-refractivity contribution in [2.45, 2.75) is 30.7 Å². The van der Waals surface area contributed by atoms with Crippen molar-refractivity contribution in [2.24, 2.45) is 0 Å². The van der Waals surface area contributed by atoms with Crippen molar-refractivity contribution in [1.29, 1.82) is 5.26 Å². The highest BCUT2D eigenvalue weighted by Crippen LogP contribution is 2.42. The average molecular weight is 247 g/mol. The molecule has 1 aromatic heterocycles. The van der Waals surface area contributed by atoms with Gasteiger partial charge in [0.05, 0.1) is 36.4 Å². The lowest BCUT2D eigenvalue weighted by molar-refractivity contribution is 0.203. The number of anilines is 1. The molecule has 1 saturated carbocycles. The highest BCUT2D eigenvalue weighted by atomic mass is 16.3. The van der Waals surface area contributed by atoms with E-state index in [1.165, 1.54) is 0 Å². The largest absolute Gasteiger partial charge is 0.394 e. The molecule has 5 nitrogen and oxygen atoms in total. The van der Waals surface area contributed by atoms with Gasteiger partial charge in [0.1, 0.15) is 5.82 Å². The molecule has 0 aliphatic heterocycles. The van der Waals surface area contributed by atoms with Gasteiger partial charge in [0.2, 0.25) is 0 Å². The zero-order valence-corrected chi connectivity index (χ0v) is 10.1. The van der Waals surface area contributed by atoms with E-state index in [9.17, 15) is 5.26 Å². The Balaban J connectivity index is 2.18. The molecule has 0 aromatic carbocycles. The van der Waals surface area contributed by atoms with Crippen molar-refractivity contribution in [3.63, 3.8) is 0 Å². The lowest BCUT2D eigenvalue weighted by atomic mass is 9.67. The first-order valence-electron chi connectivity index (χ1n) is 6.11. The normalized spacial score (nSPS) is 17.0. The summed E-state index contributed by atoms with van der Waals surface area (Å²) in [6.07, 6.45) is 2.76. The molecule has 0 atom stereocenters. The Morgan fingerprint density at radius 3 is 2.61 bits per heavy atom. The molecule has 1 fully saturated rings. The molecule has 0 unspecified atom stereocenters. The van der Waals surface area contributed by atoms with Crippen molar-refractivity contribution in [1.82, 2.24) is 4.98 Å². The van der Waals surface area contributed by atoms with E-state index < -0.39 is 11.5 Å². The summed E-state index contributed by atoms with van der Waals surface area (Å²) in [6, 6.07) is 7.40. The van der Waals surface area contributed by atoms with Gasteiger partial charge < -0.3 is 15.5 Å². The maximum absolute atomic E-state index is 9.26. The van der Waals surface area contributed by atoms with E-state index in [-0.39, 0.29) is 13.2 Å². The fraction of sp³-hybridized carbons (Fsp3) is 0.538. The minimum Gasteiger partial charge on any atom is -0.394 e. The Morgan fingerprint density at radius 1 is 1.39 bits per heavy atom. The molecule has 1 aromatic rings. The van der Waals surface area contributed by atoms with Crippen LogP contribution in [0.5, 0.6) is 0 Å². The molecule has 0 saturated heterocycles. The Kier molecular flexibility index (Phi) is 3.80. The topological polar surface area (TPSA) is 89.2 Å². The van der Waals surface area contributed by atoms with Gasteiger partial charge in [-0.25, -0.2) is 4.98 Å². The maximum atomic E-state index is 9.26. The molecule has 1 aliphatic carbocycles. The number of hydrogen-bond donors (Lipinski definition) is 3. The number of aromatic nitrogens is 1. The second-order valence-electron chi connectivity index (χ2n) is 4.66. The van der Waals surface area contributed by atoms with Crippen molar-refractivity contribution >= 4 is 5.82 Å². The van der Waals surface area contributed by atoms with Crippen molar-refractivity contribution in [3.05, 3.63) is 23.9 Å². The number of nitrogens with zero attached hydrogens (tertiary/aromatic N) is 2. The molecular weight excluding hydrogens is 230 g/mol. The van der Waals surface area contributed by atoms with E-state index in [1.807, 2.05) is 12.1 Å². The number of nitriles is 1. The first-order valence-corrected chi connectivity index (χ1v) is 6.11. The third kappa shape index (κ3) is 2.30. The number of aliphatic hydroxyl groups excluding tert-OH is 2. The summed E-state index contributed by atoms with van der Waals surface area (Å²) in [5.41, 5.74) is 0.335. The lowest BCUT2D eigenvalue weighted by Gasteiger charge is -2.34. The van der Waals surface area contributed by atoms with Crippen molar-refractivity contribution in [2.75, 3.05) is 18.5 Å². The number of hydrogen-bond acceptors (Lipinski definition) is 5. The molecule has 18 heavy (non-hydrogen) atoms. The first-order chi connectivity index (χ1) is 8.74. The van der Waals surface area contributed by atoms with E-state index in [1.54, 1.807) is 6.07 Å². The molecule has 3 N–H and O–H groups in total. The smallest absolute Gasteiger partial charge is 0.126 e. The summed E-state index contributed by atoms with van der Waals surface area (Å²) in [6.45, 7) is -0.322. The standard InChI is InChI=1S/C13H17N3O2/c14-9-13(5-2-6-13)11-3-1-4-12(16-11)15-10(7-17)8-18/h1,3-4,10,17-18H,2,5-8H2,(H,15,16). The monoisotopic (exact) mass is 247 g/mol. The van der Waals surface area contributed by atoms with Crippen LogP contribution in [0, 0.1) is 11.3 Å². The molecule has 1 heterocycles. The van der Waals surface area contributed by atoms with Gasteiger partial charge in [-0.15, -0.1) is 0 Å². The van der Waals surface area contributed by atoms with Crippen LogP contribution in [0.2, 0.25) is 0 Å². The SMILES string of the molecule is N#CC1(c2cccc(NC(CO)CO)n2)CCC1. The van der Waals surface area contributed by atoms with Gasteiger partial charge >= 0.3 is 0 Å². The number of pyridine rings is 1. The van der Waals surface area contributed by atoms with Crippen LogP contribution < -0.4 is 5.32 Å². The highest BCUT2D eigenvalue weighted by Gasteiger charge is 2.40.